The van der Waals surface area contributed by atoms with Crippen molar-refractivity contribution >= 4 is 5.91 Å². The summed E-state index contributed by atoms with van der Waals surface area (Å²) >= 11 is 0. The molecule has 1 aliphatic rings. The normalized spacial score (nSPS) is 21.4. The number of nitrogens with one attached hydrogen (secondary N) is 1. The molecule has 0 radical (unpaired) electrons. The Balaban J connectivity index is 2.33. The van der Waals surface area contributed by atoms with E-state index in [0.29, 0.717) is 12.5 Å². The van der Waals surface area contributed by atoms with E-state index in [0.717, 1.165) is 25.8 Å². The Bertz CT molecular complexity index is 222. The molecule has 1 fully saturated rings. The topological polar surface area (TPSA) is 55.1 Å². The number of hydrogen-bond acceptors (Lipinski definition) is 2. The SMILES string of the molecule is CC(CCN)CNC(=O)C1(C)CCCCC1. The van der Waals surface area contributed by atoms with Crippen LogP contribution in [0.5, 0.6) is 0 Å². The van der Waals surface area contributed by atoms with Gasteiger partial charge < -0.3 is 11.1 Å². The summed E-state index contributed by atoms with van der Waals surface area (Å²) < 4.78 is 0. The molecule has 1 rings (SSSR count). The van der Waals surface area contributed by atoms with Crippen molar-refractivity contribution in [2.45, 2.75) is 52.4 Å². The van der Waals surface area contributed by atoms with Gasteiger partial charge in [0.05, 0.1) is 0 Å². The predicted molar refractivity (Wildman–Crippen MR) is 67.0 cm³/mol. The molecule has 0 saturated heterocycles. The Labute approximate surface area is 99.2 Å². The van der Waals surface area contributed by atoms with Crippen molar-refractivity contribution in [3.63, 3.8) is 0 Å². The van der Waals surface area contributed by atoms with Crippen LogP contribution in [0.2, 0.25) is 0 Å². The molecule has 0 spiro atoms. The van der Waals surface area contributed by atoms with Crippen LogP contribution in [-0.2, 0) is 4.79 Å². The van der Waals surface area contributed by atoms with E-state index >= 15 is 0 Å². The van der Waals surface area contributed by atoms with Gasteiger partial charge in [0.25, 0.3) is 0 Å². The number of amides is 1. The molecule has 94 valence electrons. The van der Waals surface area contributed by atoms with E-state index in [9.17, 15) is 4.79 Å². The molecule has 1 amide bonds. The Morgan fingerprint density at radius 1 is 1.38 bits per heavy atom. The molecule has 0 aliphatic heterocycles. The maximum atomic E-state index is 12.1. The first-order valence-electron chi connectivity index (χ1n) is 6.57. The van der Waals surface area contributed by atoms with E-state index in [-0.39, 0.29) is 11.3 Å². The Morgan fingerprint density at radius 3 is 2.56 bits per heavy atom. The molecule has 0 aromatic rings. The summed E-state index contributed by atoms with van der Waals surface area (Å²) in [6, 6.07) is 0. The first kappa shape index (κ1) is 13.5. The minimum Gasteiger partial charge on any atom is -0.355 e. The lowest BCUT2D eigenvalue weighted by Crippen LogP contribution is -2.42. The van der Waals surface area contributed by atoms with Crippen molar-refractivity contribution in [1.82, 2.24) is 5.32 Å². The monoisotopic (exact) mass is 226 g/mol. The van der Waals surface area contributed by atoms with Crippen LogP contribution < -0.4 is 11.1 Å². The van der Waals surface area contributed by atoms with Gasteiger partial charge in [-0.15, -0.1) is 0 Å². The Hall–Kier alpha value is -0.570. The first-order chi connectivity index (χ1) is 7.58. The van der Waals surface area contributed by atoms with E-state index in [1.807, 2.05) is 0 Å². The van der Waals surface area contributed by atoms with Gasteiger partial charge in [0.2, 0.25) is 5.91 Å². The lowest BCUT2D eigenvalue weighted by Gasteiger charge is -2.32. The zero-order chi connectivity index (χ0) is 12.0. The zero-order valence-electron chi connectivity index (χ0n) is 10.7. The summed E-state index contributed by atoms with van der Waals surface area (Å²) in [5.74, 6) is 0.734. The van der Waals surface area contributed by atoms with Gasteiger partial charge in [0, 0.05) is 12.0 Å². The molecule has 1 atom stereocenters. The zero-order valence-corrected chi connectivity index (χ0v) is 10.7. The number of carbonyl (C=O) groups excluding carboxylic acids is 1. The number of hydrogen-bond donors (Lipinski definition) is 2. The average molecular weight is 226 g/mol. The predicted octanol–water partition coefficient (Wildman–Crippen LogP) is 2.06. The summed E-state index contributed by atoms with van der Waals surface area (Å²) in [6.07, 6.45) is 6.75. The molecule has 0 bridgehead atoms. The molecular formula is C13H26N2O. The molecule has 16 heavy (non-hydrogen) atoms. The number of nitrogens with two attached hydrogens (primary N) is 1. The second-order valence-electron chi connectivity index (χ2n) is 5.51. The maximum Gasteiger partial charge on any atom is 0.225 e. The van der Waals surface area contributed by atoms with Crippen LogP contribution in [-0.4, -0.2) is 19.0 Å². The quantitative estimate of drug-likeness (QED) is 0.754. The van der Waals surface area contributed by atoms with E-state index in [1.165, 1.54) is 19.3 Å². The highest BCUT2D eigenvalue weighted by atomic mass is 16.2. The highest BCUT2D eigenvalue weighted by Gasteiger charge is 2.34. The lowest BCUT2D eigenvalue weighted by molar-refractivity contribution is -0.132. The van der Waals surface area contributed by atoms with E-state index in [2.05, 4.69) is 19.2 Å². The van der Waals surface area contributed by atoms with Crippen LogP contribution in [0.4, 0.5) is 0 Å². The second-order valence-corrected chi connectivity index (χ2v) is 5.51. The smallest absolute Gasteiger partial charge is 0.225 e. The first-order valence-corrected chi connectivity index (χ1v) is 6.57. The molecule has 3 N–H and O–H groups in total. The number of rotatable bonds is 5. The Kier molecular flexibility index (Phi) is 5.26. The van der Waals surface area contributed by atoms with Crippen LogP contribution in [0, 0.1) is 11.3 Å². The molecule has 0 heterocycles. The average Bonchev–Trinajstić information content (AvgIpc) is 2.27. The molecule has 3 nitrogen and oxygen atoms in total. The van der Waals surface area contributed by atoms with Crippen LogP contribution in [0.3, 0.4) is 0 Å². The highest BCUT2D eigenvalue weighted by molar-refractivity contribution is 5.82. The summed E-state index contributed by atoms with van der Waals surface area (Å²) in [6.45, 7) is 5.71. The fourth-order valence-electron chi connectivity index (χ4n) is 2.43. The van der Waals surface area contributed by atoms with Crippen LogP contribution >= 0.6 is 0 Å². The third kappa shape index (κ3) is 3.78. The van der Waals surface area contributed by atoms with E-state index in [4.69, 9.17) is 5.73 Å². The Morgan fingerprint density at radius 2 is 2.00 bits per heavy atom. The summed E-state index contributed by atoms with van der Waals surface area (Å²) in [4.78, 5) is 12.1. The molecule has 1 unspecified atom stereocenters. The van der Waals surface area contributed by atoms with Crippen LogP contribution in [0.15, 0.2) is 0 Å². The van der Waals surface area contributed by atoms with Gasteiger partial charge in [0.1, 0.15) is 0 Å². The molecule has 1 aliphatic carbocycles. The van der Waals surface area contributed by atoms with Gasteiger partial charge in [0.15, 0.2) is 0 Å². The highest BCUT2D eigenvalue weighted by Crippen LogP contribution is 2.35. The van der Waals surface area contributed by atoms with Crippen molar-refractivity contribution in [3.05, 3.63) is 0 Å². The summed E-state index contributed by atoms with van der Waals surface area (Å²) in [5, 5.41) is 3.08. The molecule has 0 aromatic carbocycles. The van der Waals surface area contributed by atoms with Crippen LogP contribution in [0.25, 0.3) is 0 Å². The van der Waals surface area contributed by atoms with Crippen molar-refractivity contribution in [2.75, 3.05) is 13.1 Å². The third-order valence-electron chi connectivity index (χ3n) is 3.78. The van der Waals surface area contributed by atoms with E-state index in [1.54, 1.807) is 0 Å². The van der Waals surface area contributed by atoms with E-state index < -0.39 is 0 Å². The molecule has 3 heteroatoms. The minimum atomic E-state index is -0.110. The van der Waals surface area contributed by atoms with Gasteiger partial charge in [-0.05, 0) is 31.7 Å². The number of carbonyl (C=O) groups is 1. The van der Waals surface area contributed by atoms with Gasteiger partial charge >= 0.3 is 0 Å². The van der Waals surface area contributed by atoms with Gasteiger partial charge in [-0.3, -0.25) is 4.79 Å². The van der Waals surface area contributed by atoms with Crippen molar-refractivity contribution in [2.24, 2.45) is 17.1 Å². The second kappa shape index (κ2) is 6.24. The van der Waals surface area contributed by atoms with Gasteiger partial charge in [-0.1, -0.05) is 33.1 Å². The molecular weight excluding hydrogens is 200 g/mol. The molecule has 1 saturated carbocycles. The van der Waals surface area contributed by atoms with Gasteiger partial charge in [-0.2, -0.15) is 0 Å². The fourth-order valence-corrected chi connectivity index (χ4v) is 2.43. The van der Waals surface area contributed by atoms with Crippen molar-refractivity contribution in [1.29, 1.82) is 0 Å². The minimum absolute atomic E-state index is 0.110. The van der Waals surface area contributed by atoms with Crippen molar-refractivity contribution in [3.8, 4) is 0 Å². The van der Waals surface area contributed by atoms with Gasteiger partial charge in [-0.25, -0.2) is 0 Å². The largest absolute Gasteiger partial charge is 0.355 e. The van der Waals surface area contributed by atoms with Crippen molar-refractivity contribution < 1.29 is 4.79 Å². The summed E-state index contributed by atoms with van der Waals surface area (Å²) in [5.41, 5.74) is 5.38. The standard InChI is InChI=1S/C13H26N2O/c1-11(6-9-14)10-15-12(16)13(2)7-4-3-5-8-13/h11H,3-10,14H2,1-2H3,(H,15,16). The summed E-state index contributed by atoms with van der Waals surface area (Å²) in [7, 11) is 0. The molecule has 0 aromatic heterocycles. The lowest BCUT2D eigenvalue weighted by atomic mass is 9.75. The maximum absolute atomic E-state index is 12.1. The third-order valence-corrected chi connectivity index (χ3v) is 3.78. The fraction of sp³-hybridized carbons (Fsp3) is 0.923. The van der Waals surface area contributed by atoms with Crippen LogP contribution in [0.1, 0.15) is 52.4 Å².